The Balaban J connectivity index is 2.35. The highest BCUT2D eigenvalue weighted by Crippen LogP contribution is 2.33. The summed E-state index contributed by atoms with van der Waals surface area (Å²) in [5.41, 5.74) is 1.12. The van der Waals surface area contributed by atoms with Crippen LogP contribution in [-0.4, -0.2) is 22.9 Å². The van der Waals surface area contributed by atoms with E-state index < -0.39 is 18.1 Å². The molecular weight excluding hydrogens is 401 g/mol. The summed E-state index contributed by atoms with van der Waals surface area (Å²) in [5.74, 6) is -0.653. The fraction of sp³-hybridized carbons (Fsp3) is 0.100. The highest BCUT2D eigenvalue weighted by atomic mass is 35.5. The smallest absolute Gasteiger partial charge is 0.327 e. The van der Waals surface area contributed by atoms with E-state index in [0.717, 1.165) is 4.68 Å². The van der Waals surface area contributed by atoms with Gasteiger partial charge in [-0.25, -0.2) is 4.68 Å². The summed E-state index contributed by atoms with van der Waals surface area (Å²) in [6.07, 6.45) is 0. The standard InChI is InChI=1S/C20H13Cl2N3O3/c1-28-17(26)11-25-20(27)16(10-23)18(12-2-6-14(21)7-3-12)19(24-25)13-4-8-15(22)9-5-13/h2-9H,11H2,1H3. The molecule has 0 saturated heterocycles. The number of hydrogen-bond acceptors (Lipinski definition) is 5. The highest BCUT2D eigenvalue weighted by molar-refractivity contribution is 6.31. The molecule has 0 spiro atoms. The lowest BCUT2D eigenvalue weighted by atomic mass is 9.96. The second kappa shape index (κ2) is 8.26. The first kappa shape index (κ1) is 19.6. The SMILES string of the molecule is COC(=O)Cn1nc(-c2ccc(Cl)cc2)c(-c2ccc(Cl)cc2)c(C#N)c1=O. The molecule has 0 fully saturated rings. The lowest BCUT2D eigenvalue weighted by Crippen LogP contribution is -2.30. The van der Waals surface area contributed by atoms with Crippen LogP contribution >= 0.6 is 23.2 Å². The summed E-state index contributed by atoms with van der Waals surface area (Å²) in [6, 6.07) is 15.4. The molecular formula is C20H13Cl2N3O3. The third-order valence-corrected chi connectivity index (χ3v) is 4.53. The van der Waals surface area contributed by atoms with Crippen molar-refractivity contribution in [2.45, 2.75) is 6.54 Å². The van der Waals surface area contributed by atoms with Gasteiger partial charge in [-0.3, -0.25) is 9.59 Å². The van der Waals surface area contributed by atoms with E-state index >= 15 is 0 Å². The predicted molar refractivity (Wildman–Crippen MR) is 106 cm³/mol. The molecule has 3 aromatic rings. The Bertz CT molecular complexity index is 1130. The van der Waals surface area contributed by atoms with Crippen molar-refractivity contribution in [2.24, 2.45) is 0 Å². The molecule has 0 atom stereocenters. The average Bonchev–Trinajstić information content (AvgIpc) is 2.70. The Kier molecular flexibility index (Phi) is 5.78. The number of nitrogens with zero attached hydrogens (tertiary/aromatic N) is 3. The monoisotopic (exact) mass is 413 g/mol. The normalized spacial score (nSPS) is 10.4. The van der Waals surface area contributed by atoms with Crippen molar-refractivity contribution >= 4 is 29.2 Å². The molecule has 0 unspecified atom stereocenters. The fourth-order valence-corrected chi connectivity index (χ4v) is 2.93. The van der Waals surface area contributed by atoms with Crippen LogP contribution in [0.4, 0.5) is 0 Å². The van der Waals surface area contributed by atoms with Crippen LogP contribution in [0.1, 0.15) is 5.56 Å². The summed E-state index contributed by atoms with van der Waals surface area (Å²) < 4.78 is 5.54. The number of carbonyl (C=O) groups excluding carboxylic acids is 1. The van der Waals surface area contributed by atoms with Crippen molar-refractivity contribution in [3.8, 4) is 28.5 Å². The number of aromatic nitrogens is 2. The fourth-order valence-electron chi connectivity index (χ4n) is 2.68. The minimum absolute atomic E-state index is 0.133. The predicted octanol–water partition coefficient (Wildman–Crippen LogP) is 3.93. The van der Waals surface area contributed by atoms with Gasteiger partial charge in [0, 0.05) is 21.2 Å². The number of methoxy groups -OCH3 is 1. The van der Waals surface area contributed by atoms with Crippen molar-refractivity contribution in [1.29, 1.82) is 5.26 Å². The van der Waals surface area contributed by atoms with Crippen LogP contribution in [0.25, 0.3) is 22.4 Å². The number of esters is 1. The highest BCUT2D eigenvalue weighted by Gasteiger charge is 2.21. The third kappa shape index (κ3) is 3.91. The van der Waals surface area contributed by atoms with Crippen LogP contribution in [0.2, 0.25) is 10.0 Å². The molecule has 0 aliphatic rings. The molecule has 3 rings (SSSR count). The minimum Gasteiger partial charge on any atom is -0.468 e. The van der Waals surface area contributed by atoms with Gasteiger partial charge in [0.15, 0.2) is 0 Å². The van der Waals surface area contributed by atoms with Gasteiger partial charge in [-0.15, -0.1) is 0 Å². The number of benzene rings is 2. The zero-order chi connectivity index (χ0) is 20.3. The average molecular weight is 414 g/mol. The molecule has 0 bridgehead atoms. The molecule has 6 nitrogen and oxygen atoms in total. The molecule has 1 heterocycles. The maximum absolute atomic E-state index is 12.8. The van der Waals surface area contributed by atoms with E-state index in [1.165, 1.54) is 7.11 Å². The van der Waals surface area contributed by atoms with Crippen molar-refractivity contribution < 1.29 is 9.53 Å². The molecule has 8 heteroatoms. The lowest BCUT2D eigenvalue weighted by Gasteiger charge is -2.14. The maximum Gasteiger partial charge on any atom is 0.327 e. The first-order valence-corrected chi connectivity index (χ1v) is 8.84. The number of ether oxygens (including phenoxy) is 1. The van der Waals surface area contributed by atoms with Gasteiger partial charge < -0.3 is 4.74 Å². The minimum atomic E-state index is -0.685. The van der Waals surface area contributed by atoms with E-state index in [4.69, 9.17) is 23.2 Å². The molecule has 2 aromatic carbocycles. The number of halogens is 2. The van der Waals surface area contributed by atoms with E-state index in [-0.39, 0.29) is 5.56 Å². The topological polar surface area (TPSA) is 85.0 Å². The zero-order valence-electron chi connectivity index (χ0n) is 14.6. The third-order valence-electron chi connectivity index (χ3n) is 4.02. The van der Waals surface area contributed by atoms with Gasteiger partial charge in [0.2, 0.25) is 0 Å². The summed E-state index contributed by atoms with van der Waals surface area (Å²) in [6.45, 7) is -0.411. The number of carbonyl (C=O) groups is 1. The summed E-state index contributed by atoms with van der Waals surface area (Å²) in [7, 11) is 1.21. The number of hydrogen-bond donors (Lipinski definition) is 0. The molecule has 0 aliphatic carbocycles. The Hall–Kier alpha value is -3.14. The second-order valence-corrected chi connectivity index (χ2v) is 6.64. The molecule has 0 saturated carbocycles. The lowest BCUT2D eigenvalue weighted by molar-refractivity contribution is -0.141. The van der Waals surface area contributed by atoms with Gasteiger partial charge in [-0.1, -0.05) is 47.5 Å². The van der Waals surface area contributed by atoms with Crippen molar-refractivity contribution in [1.82, 2.24) is 9.78 Å². The van der Waals surface area contributed by atoms with Crippen LogP contribution in [-0.2, 0) is 16.1 Å². The Morgan fingerprint density at radius 3 is 2.11 bits per heavy atom. The second-order valence-electron chi connectivity index (χ2n) is 5.76. The molecule has 0 amide bonds. The van der Waals surface area contributed by atoms with Gasteiger partial charge in [0.05, 0.1) is 7.11 Å². The van der Waals surface area contributed by atoms with Gasteiger partial charge in [-0.2, -0.15) is 10.4 Å². The van der Waals surface area contributed by atoms with Crippen LogP contribution in [0.3, 0.4) is 0 Å². The molecule has 140 valence electrons. The van der Waals surface area contributed by atoms with E-state index in [9.17, 15) is 14.9 Å². The Labute approximate surface area is 170 Å². The van der Waals surface area contributed by atoms with E-state index in [1.807, 2.05) is 6.07 Å². The molecule has 0 N–H and O–H groups in total. The van der Waals surface area contributed by atoms with Gasteiger partial charge >= 0.3 is 5.97 Å². The number of rotatable bonds is 4. The van der Waals surface area contributed by atoms with Gasteiger partial charge in [0.25, 0.3) is 5.56 Å². The first-order chi connectivity index (χ1) is 13.4. The zero-order valence-corrected chi connectivity index (χ0v) is 16.2. The van der Waals surface area contributed by atoms with Crippen LogP contribution in [0.15, 0.2) is 53.3 Å². The molecule has 0 aliphatic heterocycles. The van der Waals surface area contributed by atoms with E-state index in [1.54, 1.807) is 48.5 Å². The van der Waals surface area contributed by atoms with Crippen molar-refractivity contribution in [2.75, 3.05) is 7.11 Å². The summed E-state index contributed by atoms with van der Waals surface area (Å²) >= 11 is 11.9. The molecule has 0 radical (unpaired) electrons. The van der Waals surface area contributed by atoms with Crippen molar-refractivity contribution in [3.05, 3.63) is 74.5 Å². The quantitative estimate of drug-likeness (QED) is 0.604. The molecule has 1 aromatic heterocycles. The molecule has 28 heavy (non-hydrogen) atoms. The summed E-state index contributed by atoms with van der Waals surface area (Å²) in [4.78, 5) is 24.5. The van der Waals surface area contributed by atoms with E-state index in [0.29, 0.717) is 32.4 Å². The van der Waals surface area contributed by atoms with Gasteiger partial charge in [0.1, 0.15) is 23.9 Å². The Morgan fingerprint density at radius 1 is 1.07 bits per heavy atom. The first-order valence-electron chi connectivity index (χ1n) is 8.08. The number of nitriles is 1. The van der Waals surface area contributed by atoms with Crippen LogP contribution < -0.4 is 5.56 Å². The summed E-state index contributed by atoms with van der Waals surface area (Å²) in [5, 5.41) is 15.1. The van der Waals surface area contributed by atoms with Gasteiger partial charge in [-0.05, 0) is 29.8 Å². The van der Waals surface area contributed by atoms with Crippen molar-refractivity contribution in [3.63, 3.8) is 0 Å². The van der Waals surface area contributed by atoms with Crippen LogP contribution in [0.5, 0.6) is 0 Å². The Morgan fingerprint density at radius 2 is 1.61 bits per heavy atom. The van der Waals surface area contributed by atoms with E-state index in [2.05, 4.69) is 9.84 Å². The largest absolute Gasteiger partial charge is 0.468 e. The van der Waals surface area contributed by atoms with Crippen LogP contribution in [0, 0.1) is 11.3 Å². The maximum atomic E-state index is 12.8.